The molecule has 22 heavy (non-hydrogen) atoms. The Morgan fingerprint density at radius 1 is 1.36 bits per heavy atom. The Balaban J connectivity index is 2.74. The van der Waals surface area contributed by atoms with Gasteiger partial charge in [-0.2, -0.15) is 0 Å². The molecule has 0 saturated heterocycles. The largest absolute Gasteiger partial charge is 0.760 e. The van der Waals surface area contributed by atoms with Crippen molar-refractivity contribution in [1.29, 1.82) is 0 Å². The summed E-state index contributed by atoms with van der Waals surface area (Å²) in [4.78, 5) is 25.2. The van der Waals surface area contributed by atoms with Gasteiger partial charge in [-0.15, -0.1) is 0 Å². The average molecular weight is 325 g/mol. The molecule has 120 valence electrons. The van der Waals surface area contributed by atoms with Crippen molar-refractivity contribution in [3.05, 3.63) is 29.8 Å². The molecule has 1 aliphatic heterocycles. The van der Waals surface area contributed by atoms with Gasteiger partial charge in [0.05, 0.1) is 5.54 Å². The van der Waals surface area contributed by atoms with Gasteiger partial charge in [-0.05, 0) is 25.5 Å². The molecule has 0 bridgehead atoms. The molecule has 2 unspecified atom stereocenters. The molecule has 1 N–H and O–H groups in total. The van der Waals surface area contributed by atoms with Gasteiger partial charge in [0.2, 0.25) is 5.91 Å². The van der Waals surface area contributed by atoms with Gasteiger partial charge in [0.1, 0.15) is 6.04 Å². The number of carbonyl (C=O) groups excluding carboxylic acids is 1. The molecular formula is C14H17N2O5S-. The van der Waals surface area contributed by atoms with Crippen LogP contribution in [0.15, 0.2) is 24.3 Å². The highest BCUT2D eigenvalue weighted by Crippen LogP contribution is 2.37. The number of carboxylic acids is 1. The van der Waals surface area contributed by atoms with Gasteiger partial charge in [0.25, 0.3) is 0 Å². The van der Waals surface area contributed by atoms with E-state index in [-0.39, 0.29) is 12.5 Å². The van der Waals surface area contributed by atoms with Crippen LogP contribution < -0.4 is 4.90 Å². The number of hydrogen-bond donors (Lipinski definition) is 1. The third-order valence-electron chi connectivity index (χ3n) is 3.83. The van der Waals surface area contributed by atoms with E-state index in [0.29, 0.717) is 11.3 Å². The van der Waals surface area contributed by atoms with Crippen LogP contribution in [0.25, 0.3) is 0 Å². The Bertz CT molecular complexity index is 646. The van der Waals surface area contributed by atoms with Gasteiger partial charge in [0.15, 0.2) is 0 Å². The van der Waals surface area contributed by atoms with Crippen LogP contribution in [0.2, 0.25) is 0 Å². The number of aliphatic carboxylic acids is 1. The van der Waals surface area contributed by atoms with Gasteiger partial charge in [-0.25, -0.2) is 4.31 Å². The van der Waals surface area contributed by atoms with Gasteiger partial charge < -0.3 is 14.6 Å². The highest BCUT2D eigenvalue weighted by atomic mass is 32.2. The van der Waals surface area contributed by atoms with Gasteiger partial charge in [-0.3, -0.25) is 13.8 Å². The number of hydrogen-bond acceptors (Lipinski definition) is 4. The zero-order valence-corrected chi connectivity index (χ0v) is 13.3. The minimum Gasteiger partial charge on any atom is -0.760 e. The second-order valence-electron chi connectivity index (χ2n) is 5.67. The van der Waals surface area contributed by atoms with Crippen molar-refractivity contribution in [2.75, 3.05) is 4.90 Å². The first-order valence-corrected chi connectivity index (χ1v) is 7.68. The van der Waals surface area contributed by atoms with Crippen molar-refractivity contribution >= 4 is 28.8 Å². The molecule has 1 aromatic rings. The van der Waals surface area contributed by atoms with E-state index in [1.165, 1.54) is 11.8 Å². The van der Waals surface area contributed by atoms with E-state index >= 15 is 0 Å². The predicted octanol–water partition coefficient (Wildman–Crippen LogP) is 0.881. The number of amides is 1. The molecule has 1 aromatic carbocycles. The topological polar surface area (TPSA) is 101 Å². The summed E-state index contributed by atoms with van der Waals surface area (Å²) in [7, 11) is 0. The van der Waals surface area contributed by atoms with Crippen LogP contribution in [-0.2, 0) is 27.4 Å². The van der Waals surface area contributed by atoms with E-state index in [4.69, 9.17) is 0 Å². The van der Waals surface area contributed by atoms with Crippen LogP contribution in [0.4, 0.5) is 5.69 Å². The number of carbonyl (C=O) groups is 2. The lowest BCUT2D eigenvalue weighted by Crippen LogP contribution is -2.62. The first-order chi connectivity index (χ1) is 10.2. The molecule has 0 aliphatic carbocycles. The van der Waals surface area contributed by atoms with Crippen molar-refractivity contribution in [3.8, 4) is 0 Å². The third kappa shape index (κ3) is 2.65. The fraction of sp³-hybridized carbons (Fsp3) is 0.429. The number of para-hydroxylation sites is 1. The van der Waals surface area contributed by atoms with Gasteiger partial charge >= 0.3 is 5.97 Å². The standard InChI is InChI=1S/C14H18N2O5S/c1-9(17)16-11-7-5-4-6-10(11)8-15(22(20)21)12(13(18)19)14(16,2)3/h4-7,12H,8H2,1-3H3,(H,18,19)(H,20,21)/p-1. The highest BCUT2D eigenvalue weighted by Gasteiger charge is 2.48. The van der Waals surface area contributed by atoms with E-state index < -0.39 is 28.8 Å². The molecule has 2 rings (SSSR count). The molecule has 1 aliphatic rings. The Kier molecular flexibility index (Phi) is 4.37. The van der Waals surface area contributed by atoms with Crippen molar-refractivity contribution in [2.24, 2.45) is 0 Å². The second kappa shape index (κ2) is 5.79. The Hall–Kier alpha value is -1.77. The normalized spacial score (nSPS) is 22.5. The van der Waals surface area contributed by atoms with Crippen LogP contribution >= 0.6 is 0 Å². The molecular weight excluding hydrogens is 308 g/mol. The molecule has 8 heteroatoms. The zero-order chi connectivity index (χ0) is 16.7. The van der Waals surface area contributed by atoms with E-state index in [2.05, 4.69) is 0 Å². The molecule has 0 aromatic heterocycles. The molecule has 0 radical (unpaired) electrons. The molecule has 0 saturated carbocycles. The maximum atomic E-state index is 12.1. The average Bonchev–Trinajstić information content (AvgIpc) is 2.48. The Morgan fingerprint density at radius 2 is 1.95 bits per heavy atom. The van der Waals surface area contributed by atoms with Crippen LogP contribution in [0, 0.1) is 0 Å². The summed E-state index contributed by atoms with van der Waals surface area (Å²) in [5.74, 6) is -1.64. The maximum Gasteiger partial charge on any atom is 0.324 e. The minimum absolute atomic E-state index is 0.101. The predicted molar refractivity (Wildman–Crippen MR) is 79.6 cm³/mol. The van der Waals surface area contributed by atoms with Gasteiger partial charge in [-0.1, -0.05) is 18.2 Å². The SMILES string of the molecule is CC(=O)N1c2ccccc2CN(S(=O)[O-])C(C(=O)O)C1(C)C. The summed E-state index contributed by atoms with van der Waals surface area (Å²) in [6.07, 6.45) is 0. The monoisotopic (exact) mass is 325 g/mol. The van der Waals surface area contributed by atoms with Crippen molar-refractivity contribution in [3.63, 3.8) is 0 Å². The lowest BCUT2D eigenvalue weighted by atomic mass is 9.92. The summed E-state index contributed by atoms with van der Waals surface area (Å²) in [5.41, 5.74) is -0.137. The van der Waals surface area contributed by atoms with E-state index in [1.54, 1.807) is 38.1 Å². The van der Waals surface area contributed by atoms with E-state index in [9.17, 15) is 23.5 Å². The molecule has 1 amide bonds. The molecule has 7 nitrogen and oxygen atoms in total. The van der Waals surface area contributed by atoms with Crippen molar-refractivity contribution in [2.45, 2.75) is 38.9 Å². The summed E-state index contributed by atoms with van der Waals surface area (Å²) < 4.78 is 24.0. The fourth-order valence-corrected chi connectivity index (χ4v) is 3.81. The number of fused-ring (bicyclic) bond motifs is 1. The van der Waals surface area contributed by atoms with E-state index in [0.717, 1.165) is 4.31 Å². The van der Waals surface area contributed by atoms with Gasteiger partial charge in [0, 0.05) is 30.4 Å². The lowest BCUT2D eigenvalue weighted by molar-refractivity contribution is -0.143. The van der Waals surface area contributed by atoms with Crippen molar-refractivity contribution < 1.29 is 23.5 Å². The van der Waals surface area contributed by atoms with E-state index in [1.807, 2.05) is 0 Å². The van der Waals surface area contributed by atoms with Crippen LogP contribution in [-0.4, -0.2) is 41.6 Å². The molecule has 1 heterocycles. The Labute approximate surface area is 130 Å². The number of rotatable bonds is 2. The number of benzene rings is 1. The maximum absolute atomic E-state index is 12.1. The quantitative estimate of drug-likeness (QED) is 0.814. The molecule has 0 spiro atoms. The third-order valence-corrected chi connectivity index (χ3v) is 4.56. The first kappa shape index (κ1) is 16.6. The van der Waals surface area contributed by atoms with Crippen molar-refractivity contribution in [1.82, 2.24) is 4.31 Å². The molecule has 2 atom stereocenters. The summed E-state index contributed by atoms with van der Waals surface area (Å²) in [5, 5.41) is 9.54. The number of nitrogens with zero attached hydrogens (tertiary/aromatic N) is 2. The summed E-state index contributed by atoms with van der Waals surface area (Å²) >= 11 is -2.73. The zero-order valence-electron chi connectivity index (χ0n) is 12.5. The minimum atomic E-state index is -2.73. The number of anilines is 1. The fourth-order valence-electron chi connectivity index (χ4n) is 3.05. The summed E-state index contributed by atoms with van der Waals surface area (Å²) in [6.45, 7) is 4.34. The first-order valence-electron chi connectivity index (χ1n) is 6.65. The second-order valence-corrected chi connectivity index (χ2v) is 6.57. The smallest absolute Gasteiger partial charge is 0.324 e. The van der Waals surface area contributed by atoms with Crippen LogP contribution in [0.5, 0.6) is 0 Å². The van der Waals surface area contributed by atoms with Crippen LogP contribution in [0.3, 0.4) is 0 Å². The molecule has 0 fully saturated rings. The number of carboxylic acid groups (broad SMARTS) is 1. The van der Waals surface area contributed by atoms with Crippen LogP contribution in [0.1, 0.15) is 26.3 Å². The highest BCUT2D eigenvalue weighted by molar-refractivity contribution is 7.76. The Morgan fingerprint density at radius 3 is 2.45 bits per heavy atom. The lowest BCUT2D eigenvalue weighted by Gasteiger charge is -2.43. The summed E-state index contributed by atoms with van der Waals surface area (Å²) in [6, 6.07) is 5.43.